The van der Waals surface area contributed by atoms with Gasteiger partial charge in [-0.15, -0.1) is 0 Å². The molecule has 1 aromatic rings. The molecule has 1 aliphatic carbocycles. The zero-order valence-corrected chi connectivity index (χ0v) is 10.6. The maximum absolute atomic E-state index is 6.36. The smallest absolute Gasteiger partial charge is 0.0522 e. The molecule has 1 saturated carbocycles. The summed E-state index contributed by atoms with van der Waals surface area (Å²) in [5.41, 5.74) is 8.04. The molecule has 16 heavy (non-hydrogen) atoms. The maximum Gasteiger partial charge on any atom is 0.0522 e. The van der Waals surface area contributed by atoms with Gasteiger partial charge in [-0.2, -0.15) is 5.10 Å². The van der Waals surface area contributed by atoms with Crippen LogP contribution in [0.25, 0.3) is 0 Å². The van der Waals surface area contributed by atoms with Crippen LogP contribution in [-0.2, 0) is 13.5 Å². The van der Waals surface area contributed by atoms with Gasteiger partial charge in [0.2, 0.25) is 0 Å². The minimum Gasteiger partial charge on any atom is -0.327 e. The predicted molar refractivity (Wildman–Crippen MR) is 66.0 cm³/mol. The zero-order chi connectivity index (χ0) is 11.8. The van der Waals surface area contributed by atoms with Crippen LogP contribution in [0.5, 0.6) is 0 Å². The van der Waals surface area contributed by atoms with Crippen molar-refractivity contribution >= 4 is 0 Å². The highest BCUT2D eigenvalue weighted by atomic mass is 15.2. The van der Waals surface area contributed by atoms with E-state index in [2.05, 4.69) is 25.1 Å². The Morgan fingerprint density at radius 1 is 1.62 bits per heavy atom. The second-order valence-electron chi connectivity index (χ2n) is 5.88. The fourth-order valence-electron chi connectivity index (χ4n) is 3.14. The highest BCUT2D eigenvalue weighted by molar-refractivity contribution is 5.07. The molecular weight excluding hydrogens is 198 g/mol. The molecule has 1 aromatic heterocycles. The Kier molecular flexibility index (Phi) is 3.06. The number of hydrogen-bond acceptors (Lipinski definition) is 2. The molecule has 0 amide bonds. The lowest BCUT2D eigenvalue weighted by molar-refractivity contribution is 0.220. The van der Waals surface area contributed by atoms with Crippen LogP contribution in [0.3, 0.4) is 0 Å². The van der Waals surface area contributed by atoms with Gasteiger partial charge in [-0.3, -0.25) is 4.68 Å². The first kappa shape index (κ1) is 11.6. The van der Waals surface area contributed by atoms with Crippen LogP contribution in [0, 0.1) is 11.3 Å². The van der Waals surface area contributed by atoms with Crippen LogP contribution in [0.2, 0.25) is 0 Å². The molecule has 2 rings (SSSR count). The first-order valence-corrected chi connectivity index (χ1v) is 6.22. The molecule has 3 heteroatoms. The molecule has 0 saturated heterocycles. The second kappa shape index (κ2) is 4.21. The van der Waals surface area contributed by atoms with Crippen molar-refractivity contribution < 1.29 is 0 Å². The molecule has 0 aromatic carbocycles. The van der Waals surface area contributed by atoms with Crippen molar-refractivity contribution in [2.75, 3.05) is 0 Å². The van der Waals surface area contributed by atoms with E-state index in [1.807, 2.05) is 17.9 Å². The molecule has 0 spiro atoms. The summed E-state index contributed by atoms with van der Waals surface area (Å²) in [7, 11) is 1.95. The summed E-state index contributed by atoms with van der Waals surface area (Å²) in [6, 6.07) is 0.279. The van der Waals surface area contributed by atoms with E-state index in [0.29, 0.717) is 11.3 Å². The Bertz CT molecular complexity index is 354. The van der Waals surface area contributed by atoms with E-state index in [9.17, 15) is 0 Å². The van der Waals surface area contributed by atoms with Gasteiger partial charge in [0, 0.05) is 19.3 Å². The normalized spacial score (nSPS) is 25.9. The number of aromatic nitrogens is 2. The Morgan fingerprint density at radius 2 is 2.38 bits per heavy atom. The summed E-state index contributed by atoms with van der Waals surface area (Å²) in [5.74, 6) is 0.660. The third-order valence-electron chi connectivity index (χ3n) is 4.09. The molecule has 1 heterocycles. The van der Waals surface area contributed by atoms with Crippen LogP contribution < -0.4 is 5.73 Å². The van der Waals surface area contributed by atoms with Crippen molar-refractivity contribution in [3.63, 3.8) is 0 Å². The second-order valence-corrected chi connectivity index (χ2v) is 5.88. The van der Waals surface area contributed by atoms with Crippen molar-refractivity contribution in [2.24, 2.45) is 24.1 Å². The predicted octanol–water partition coefficient (Wildman–Crippen LogP) is 2.12. The fourth-order valence-corrected chi connectivity index (χ4v) is 3.14. The third-order valence-corrected chi connectivity index (χ3v) is 4.09. The van der Waals surface area contributed by atoms with Crippen LogP contribution in [0.1, 0.15) is 38.7 Å². The van der Waals surface area contributed by atoms with E-state index in [0.717, 1.165) is 6.42 Å². The number of hydrogen-bond donors (Lipinski definition) is 1. The van der Waals surface area contributed by atoms with Crippen molar-refractivity contribution in [2.45, 2.75) is 45.6 Å². The molecular formula is C13H23N3. The van der Waals surface area contributed by atoms with Crippen molar-refractivity contribution in [3.05, 3.63) is 18.0 Å². The lowest BCUT2D eigenvalue weighted by Crippen LogP contribution is -2.38. The van der Waals surface area contributed by atoms with Gasteiger partial charge in [0.25, 0.3) is 0 Å². The lowest BCUT2D eigenvalue weighted by Gasteiger charge is -2.31. The summed E-state index contributed by atoms with van der Waals surface area (Å²) < 4.78 is 1.85. The van der Waals surface area contributed by atoms with E-state index in [4.69, 9.17) is 5.73 Å². The molecule has 0 radical (unpaired) electrons. The SMILES string of the molecule is Cn1cc(CC(N)C2CCCC2(C)C)cn1. The van der Waals surface area contributed by atoms with E-state index in [1.165, 1.54) is 24.8 Å². The summed E-state index contributed by atoms with van der Waals surface area (Å²) in [4.78, 5) is 0. The average Bonchev–Trinajstić information content (AvgIpc) is 2.72. The summed E-state index contributed by atoms with van der Waals surface area (Å²) in [6.45, 7) is 4.71. The van der Waals surface area contributed by atoms with Crippen molar-refractivity contribution in [1.82, 2.24) is 9.78 Å². The third kappa shape index (κ3) is 2.29. The van der Waals surface area contributed by atoms with E-state index >= 15 is 0 Å². The zero-order valence-electron chi connectivity index (χ0n) is 10.6. The van der Waals surface area contributed by atoms with Crippen LogP contribution in [0.15, 0.2) is 12.4 Å². The monoisotopic (exact) mass is 221 g/mol. The van der Waals surface area contributed by atoms with Gasteiger partial charge >= 0.3 is 0 Å². The van der Waals surface area contributed by atoms with Crippen LogP contribution in [0.4, 0.5) is 0 Å². The molecule has 2 atom stereocenters. The van der Waals surface area contributed by atoms with Gasteiger partial charge in [-0.05, 0) is 36.2 Å². The first-order chi connectivity index (χ1) is 7.49. The standard InChI is InChI=1S/C13H23N3/c1-13(2)6-4-5-11(13)12(14)7-10-8-15-16(3)9-10/h8-9,11-12H,4-7,14H2,1-3H3. The molecule has 1 aliphatic rings. The largest absolute Gasteiger partial charge is 0.327 e. The molecule has 90 valence electrons. The van der Waals surface area contributed by atoms with Gasteiger partial charge in [0.05, 0.1) is 6.20 Å². The fraction of sp³-hybridized carbons (Fsp3) is 0.769. The molecule has 1 fully saturated rings. The van der Waals surface area contributed by atoms with Gasteiger partial charge in [0.15, 0.2) is 0 Å². The molecule has 3 nitrogen and oxygen atoms in total. The lowest BCUT2D eigenvalue weighted by atomic mass is 9.76. The quantitative estimate of drug-likeness (QED) is 0.849. The van der Waals surface area contributed by atoms with E-state index in [-0.39, 0.29) is 6.04 Å². The Hall–Kier alpha value is -0.830. The average molecular weight is 221 g/mol. The topological polar surface area (TPSA) is 43.8 Å². The minimum atomic E-state index is 0.279. The van der Waals surface area contributed by atoms with Gasteiger partial charge in [0.1, 0.15) is 0 Å². The Balaban J connectivity index is 2.00. The highest BCUT2D eigenvalue weighted by Crippen LogP contribution is 2.44. The minimum absolute atomic E-state index is 0.279. The van der Waals surface area contributed by atoms with Crippen LogP contribution in [-0.4, -0.2) is 15.8 Å². The molecule has 2 unspecified atom stereocenters. The van der Waals surface area contributed by atoms with Gasteiger partial charge < -0.3 is 5.73 Å². The molecule has 2 N–H and O–H groups in total. The summed E-state index contributed by atoms with van der Waals surface area (Å²) in [5, 5.41) is 4.19. The van der Waals surface area contributed by atoms with Crippen molar-refractivity contribution in [1.29, 1.82) is 0 Å². The van der Waals surface area contributed by atoms with E-state index in [1.54, 1.807) is 0 Å². The summed E-state index contributed by atoms with van der Waals surface area (Å²) >= 11 is 0. The first-order valence-electron chi connectivity index (χ1n) is 6.22. The Labute approximate surface area is 98.0 Å². The van der Waals surface area contributed by atoms with Crippen LogP contribution >= 0.6 is 0 Å². The maximum atomic E-state index is 6.36. The van der Waals surface area contributed by atoms with Gasteiger partial charge in [-0.25, -0.2) is 0 Å². The number of nitrogens with zero attached hydrogens (tertiary/aromatic N) is 2. The van der Waals surface area contributed by atoms with Gasteiger partial charge in [-0.1, -0.05) is 20.3 Å². The summed E-state index contributed by atoms with van der Waals surface area (Å²) in [6.07, 6.45) is 8.90. The Morgan fingerprint density at radius 3 is 2.88 bits per heavy atom. The number of rotatable bonds is 3. The number of nitrogens with two attached hydrogens (primary N) is 1. The molecule has 0 aliphatic heterocycles. The molecule has 0 bridgehead atoms. The number of aryl methyl sites for hydroxylation is 1. The highest BCUT2D eigenvalue weighted by Gasteiger charge is 2.37. The van der Waals surface area contributed by atoms with E-state index < -0.39 is 0 Å². The van der Waals surface area contributed by atoms with Crippen molar-refractivity contribution in [3.8, 4) is 0 Å².